The molecule has 0 heterocycles. The van der Waals surface area contributed by atoms with Crippen molar-refractivity contribution in [2.24, 2.45) is 0 Å². The minimum atomic E-state index is -0.764. The average Bonchev–Trinajstić information content (AvgIpc) is 2.39. The van der Waals surface area contributed by atoms with Crippen molar-refractivity contribution in [1.82, 2.24) is 0 Å². The second kappa shape index (κ2) is 9.50. The molecule has 0 fully saturated rings. The highest BCUT2D eigenvalue weighted by molar-refractivity contribution is 5.12. The van der Waals surface area contributed by atoms with E-state index >= 15 is 0 Å². The highest BCUT2D eigenvalue weighted by atomic mass is 16.6. The van der Waals surface area contributed by atoms with Crippen molar-refractivity contribution in [3.05, 3.63) is 11.3 Å². The minimum Gasteiger partial charge on any atom is -0.512 e. The first-order chi connectivity index (χ1) is 10.3. The van der Waals surface area contributed by atoms with Crippen LogP contribution < -0.4 is 0 Å². The van der Waals surface area contributed by atoms with E-state index in [4.69, 9.17) is 4.74 Å². The third kappa shape index (κ3) is 8.73. The van der Waals surface area contributed by atoms with Gasteiger partial charge in [0.15, 0.2) is 6.29 Å². The van der Waals surface area contributed by atoms with Crippen LogP contribution in [0.25, 0.3) is 0 Å². The van der Waals surface area contributed by atoms with E-state index in [1.807, 2.05) is 0 Å². The monoisotopic (exact) mass is 316 g/mol. The van der Waals surface area contributed by atoms with Gasteiger partial charge in [0.05, 0.1) is 24.1 Å². The maximum absolute atomic E-state index is 9.79. The van der Waals surface area contributed by atoms with Crippen molar-refractivity contribution in [3.8, 4) is 0 Å². The van der Waals surface area contributed by atoms with Crippen LogP contribution in [-0.2, 0) is 4.74 Å². The molecule has 2 unspecified atom stereocenters. The largest absolute Gasteiger partial charge is 0.512 e. The molecule has 1 aliphatic rings. The molecule has 0 aliphatic heterocycles. The standard InChI is InChI=1S/C17H32O5/c1-17(2,21)10-11-22-16(20)7-5-3-4-6-13-8-9-14(18)12-15(13)19/h14,16,18-21H,3-12H2,1-2H3. The molecule has 5 nitrogen and oxygen atoms in total. The summed E-state index contributed by atoms with van der Waals surface area (Å²) in [6, 6.07) is 0. The van der Waals surface area contributed by atoms with Crippen molar-refractivity contribution in [2.45, 2.75) is 89.6 Å². The van der Waals surface area contributed by atoms with Gasteiger partial charge in [-0.15, -0.1) is 0 Å². The summed E-state index contributed by atoms with van der Waals surface area (Å²) in [5.41, 5.74) is 0.315. The quantitative estimate of drug-likeness (QED) is 0.367. The molecular formula is C17H32O5. The smallest absolute Gasteiger partial charge is 0.154 e. The zero-order chi connectivity index (χ0) is 16.6. The molecule has 0 aromatic rings. The van der Waals surface area contributed by atoms with Crippen LogP contribution in [-0.4, -0.2) is 45.0 Å². The fraction of sp³-hybridized carbons (Fsp3) is 0.882. The van der Waals surface area contributed by atoms with E-state index in [0.29, 0.717) is 31.6 Å². The lowest BCUT2D eigenvalue weighted by molar-refractivity contribution is -0.115. The van der Waals surface area contributed by atoms with Gasteiger partial charge in [-0.1, -0.05) is 6.42 Å². The predicted molar refractivity (Wildman–Crippen MR) is 85.5 cm³/mol. The number of ether oxygens (including phenoxy) is 1. The lowest BCUT2D eigenvalue weighted by Gasteiger charge is -2.20. The third-order valence-electron chi connectivity index (χ3n) is 4.07. The molecule has 5 heteroatoms. The number of hydrogen-bond acceptors (Lipinski definition) is 5. The Balaban J connectivity index is 2.04. The Bertz CT molecular complexity index is 345. The minimum absolute atomic E-state index is 0.355. The molecule has 0 aromatic carbocycles. The van der Waals surface area contributed by atoms with Gasteiger partial charge in [0.1, 0.15) is 0 Å². The summed E-state index contributed by atoms with van der Waals surface area (Å²) in [4.78, 5) is 0. The van der Waals surface area contributed by atoms with Crippen molar-refractivity contribution in [1.29, 1.82) is 0 Å². The van der Waals surface area contributed by atoms with Gasteiger partial charge in [-0.05, 0) is 64.4 Å². The average molecular weight is 316 g/mol. The first-order valence-electron chi connectivity index (χ1n) is 8.38. The first-order valence-corrected chi connectivity index (χ1v) is 8.38. The highest BCUT2D eigenvalue weighted by Gasteiger charge is 2.18. The molecule has 1 rings (SSSR count). The van der Waals surface area contributed by atoms with Crippen LogP contribution in [0.3, 0.4) is 0 Å². The summed E-state index contributed by atoms with van der Waals surface area (Å²) < 4.78 is 5.26. The van der Waals surface area contributed by atoms with Crippen LogP contribution in [0.15, 0.2) is 11.3 Å². The number of hydrogen-bond donors (Lipinski definition) is 4. The molecule has 0 aromatic heterocycles. The van der Waals surface area contributed by atoms with Gasteiger partial charge in [0.25, 0.3) is 0 Å². The molecule has 4 N–H and O–H groups in total. The van der Waals surface area contributed by atoms with Gasteiger partial charge in [-0.2, -0.15) is 0 Å². The Morgan fingerprint density at radius 2 is 2.00 bits per heavy atom. The Morgan fingerprint density at radius 1 is 1.27 bits per heavy atom. The van der Waals surface area contributed by atoms with Gasteiger partial charge in [-0.3, -0.25) is 0 Å². The molecule has 0 amide bonds. The Morgan fingerprint density at radius 3 is 2.64 bits per heavy atom. The van der Waals surface area contributed by atoms with Gasteiger partial charge in [0, 0.05) is 6.42 Å². The lowest BCUT2D eigenvalue weighted by atomic mass is 9.92. The van der Waals surface area contributed by atoms with Crippen molar-refractivity contribution < 1.29 is 25.2 Å². The molecule has 0 radical (unpaired) electrons. The molecule has 0 saturated heterocycles. The molecular weight excluding hydrogens is 284 g/mol. The summed E-state index contributed by atoms with van der Waals surface area (Å²) in [5, 5.41) is 38.4. The van der Waals surface area contributed by atoms with Gasteiger partial charge in [0.2, 0.25) is 0 Å². The fourth-order valence-corrected chi connectivity index (χ4v) is 2.59. The number of allylic oxidation sites excluding steroid dienone is 1. The van der Waals surface area contributed by atoms with Crippen molar-refractivity contribution in [2.75, 3.05) is 6.61 Å². The van der Waals surface area contributed by atoms with Crippen molar-refractivity contribution in [3.63, 3.8) is 0 Å². The molecule has 0 spiro atoms. The van der Waals surface area contributed by atoms with Crippen LogP contribution in [0, 0.1) is 0 Å². The summed E-state index contributed by atoms with van der Waals surface area (Å²) in [7, 11) is 0. The number of aliphatic hydroxyl groups excluding tert-OH is 3. The zero-order valence-electron chi connectivity index (χ0n) is 13.9. The molecule has 0 bridgehead atoms. The van der Waals surface area contributed by atoms with Crippen LogP contribution in [0.4, 0.5) is 0 Å². The third-order valence-corrected chi connectivity index (χ3v) is 4.07. The first kappa shape index (κ1) is 19.4. The van der Waals surface area contributed by atoms with E-state index in [-0.39, 0.29) is 6.10 Å². The lowest BCUT2D eigenvalue weighted by Crippen LogP contribution is -2.23. The topological polar surface area (TPSA) is 90.2 Å². The second-order valence-electron chi connectivity index (χ2n) is 6.93. The van der Waals surface area contributed by atoms with E-state index in [0.717, 1.165) is 44.1 Å². The normalized spacial score (nSPS) is 21.2. The van der Waals surface area contributed by atoms with E-state index in [1.54, 1.807) is 13.8 Å². The Kier molecular flexibility index (Phi) is 8.39. The Labute approximate surface area is 133 Å². The maximum Gasteiger partial charge on any atom is 0.154 e. The van der Waals surface area contributed by atoms with E-state index in [9.17, 15) is 20.4 Å². The van der Waals surface area contributed by atoms with Crippen LogP contribution >= 0.6 is 0 Å². The maximum atomic E-state index is 9.79. The van der Waals surface area contributed by atoms with Gasteiger partial charge in [-0.25, -0.2) is 0 Å². The molecule has 1 aliphatic carbocycles. The SMILES string of the molecule is CC(C)(O)CCOC(O)CCCCCC1=C(O)CC(O)CC1. The number of aliphatic hydroxyl groups is 4. The van der Waals surface area contributed by atoms with Crippen LogP contribution in [0.2, 0.25) is 0 Å². The van der Waals surface area contributed by atoms with E-state index < -0.39 is 11.9 Å². The summed E-state index contributed by atoms with van der Waals surface area (Å²) in [6.45, 7) is 3.79. The molecule has 130 valence electrons. The fourth-order valence-electron chi connectivity index (χ4n) is 2.59. The van der Waals surface area contributed by atoms with Crippen molar-refractivity contribution >= 4 is 0 Å². The van der Waals surface area contributed by atoms with Crippen LogP contribution in [0.1, 0.15) is 71.6 Å². The van der Waals surface area contributed by atoms with Gasteiger partial charge < -0.3 is 25.2 Å². The van der Waals surface area contributed by atoms with Gasteiger partial charge >= 0.3 is 0 Å². The summed E-state index contributed by atoms with van der Waals surface area (Å²) >= 11 is 0. The molecule has 0 saturated carbocycles. The van der Waals surface area contributed by atoms with E-state index in [1.165, 1.54) is 0 Å². The van der Waals surface area contributed by atoms with Crippen LogP contribution in [0.5, 0.6) is 0 Å². The Hall–Kier alpha value is -0.620. The van der Waals surface area contributed by atoms with E-state index in [2.05, 4.69) is 0 Å². The predicted octanol–water partition coefficient (Wildman–Crippen LogP) is 2.79. The summed E-state index contributed by atoms with van der Waals surface area (Å²) in [5.74, 6) is 0.369. The number of rotatable bonds is 10. The highest BCUT2D eigenvalue weighted by Crippen LogP contribution is 2.27. The second-order valence-corrected chi connectivity index (χ2v) is 6.93. The molecule has 2 atom stereocenters. The molecule has 22 heavy (non-hydrogen) atoms. The summed E-state index contributed by atoms with van der Waals surface area (Å²) in [6.07, 6.45) is 5.57. The number of unbranched alkanes of at least 4 members (excludes halogenated alkanes) is 2. The zero-order valence-corrected chi connectivity index (χ0v) is 13.9.